The molecule has 5 N–H and O–H groups in total. The number of hydrogen-bond donors (Lipinski definition) is 4. The number of carbonyl (C=O) groups is 2. The molecule has 0 bridgehead atoms. The summed E-state index contributed by atoms with van der Waals surface area (Å²) in [6.45, 7) is 2.77. The third-order valence-corrected chi connectivity index (χ3v) is 4.00. The minimum atomic E-state index is -0.366. The molecule has 0 fully saturated rings. The summed E-state index contributed by atoms with van der Waals surface area (Å²) in [5, 5.41) is 13.2. The zero-order valence-electron chi connectivity index (χ0n) is 15.5. The molecule has 0 saturated carbocycles. The molecule has 0 aliphatic rings. The van der Waals surface area contributed by atoms with Gasteiger partial charge in [0.05, 0.1) is 6.54 Å². The van der Waals surface area contributed by atoms with Gasteiger partial charge < -0.3 is 25.9 Å². The second-order valence-corrected chi connectivity index (χ2v) is 6.10. The highest BCUT2D eigenvalue weighted by Gasteiger charge is 2.11. The predicted octanol–water partition coefficient (Wildman–Crippen LogP) is 1.52. The van der Waals surface area contributed by atoms with Gasteiger partial charge in [0.25, 0.3) is 5.91 Å². The van der Waals surface area contributed by atoms with Gasteiger partial charge in [-0.3, -0.25) is 10.2 Å². The molecule has 28 heavy (non-hydrogen) atoms. The molecule has 2 aromatic rings. The van der Waals surface area contributed by atoms with Gasteiger partial charge in [0.1, 0.15) is 30.3 Å². The van der Waals surface area contributed by atoms with E-state index >= 15 is 0 Å². The van der Waals surface area contributed by atoms with Crippen LogP contribution in [0.3, 0.4) is 0 Å². The maximum Gasteiger partial charge on any atom is 0.251 e. The van der Waals surface area contributed by atoms with Crippen molar-refractivity contribution >= 4 is 18.0 Å². The summed E-state index contributed by atoms with van der Waals surface area (Å²) in [6.07, 6.45) is 0.758. The van der Waals surface area contributed by atoms with Crippen LogP contribution in [-0.4, -0.2) is 37.7 Å². The molecule has 0 aromatic heterocycles. The van der Waals surface area contributed by atoms with Crippen LogP contribution >= 0.6 is 0 Å². The van der Waals surface area contributed by atoms with E-state index in [4.69, 9.17) is 15.9 Å². The Balaban J connectivity index is 2.07. The summed E-state index contributed by atoms with van der Waals surface area (Å²) >= 11 is 0. The maximum absolute atomic E-state index is 13.4. The van der Waals surface area contributed by atoms with Crippen LogP contribution < -0.4 is 21.1 Å². The van der Waals surface area contributed by atoms with Crippen LogP contribution in [0.15, 0.2) is 36.4 Å². The number of carbonyl (C=O) groups excluding carboxylic acids is 2. The van der Waals surface area contributed by atoms with Crippen LogP contribution in [-0.2, 0) is 11.3 Å². The molecule has 2 rings (SSSR count). The smallest absolute Gasteiger partial charge is 0.251 e. The lowest BCUT2D eigenvalue weighted by molar-refractivity contribution is -0.107. The third-order valence-electron chi connectivity index (χ3n) is 4.00. The van der Waals surface area contributed by atoms with Crippen LogP contribution in [0.2, 0.25) is 0 Å². The van der Waals surface area contributed by atoms with Crippen molar-refractivity contribution in [2.24, 2.45) is 5.73 Å². The van der Waals surface area contributed by atoms with Crippen molar-refractivity contribution in [3.63, 3.8) is 0 Å². The summed E-state index contributed by atoms with van der Waals surface area (Å²) in [5.74, 6) is -0.315. The van der Waals surface area contributed by atoms with Crippen molar-refractivity contribution in [3.05, 3.63) is 64.5 Å². The quantitative estimate of drug-likeness (QED) is 0.214. The fourth-order valence-electron chi connectivity index (χ4n) is 2.46. The maximum atomic E-state index is 13.4. The summed E-state index contributed by atoms with van der Waals surface area (Å²) < 4.78 is 19.1. The molecule has 1 amide bonds. The molecule has 0 spiro atoms. The van der Waals surface area contributed by atoms with Crippen molar-refractivity contribution in [1.82, 2.24) is 10.6 Å². The van der Waals surface area contributed by atoms with E-state index < -0.39 is 0 Å². The average molecular weight is 386 g/mol. The van der Waals surface area contributed by atoms with Gasteiger partial charge in [-0.2, -0.15) is 0 Å². The Hall–Kier alpha value is -3.26. The van der Waals surface area contributed by atoms with Crippen molar-refractivity contribution in [2.75, 3.05) is 19.7 Å². The fourth-order valence-corrected chi connectivity index (χ4v) is 2.46. The number of nitrogens with two attached hydrogens (primary N) is 1. The van der Waals surface area contributed by atoms with Crippen LogP contribution in [0.5, 0.6) is 5.75 Å². The molecular formula is C20H23FN4O3. The number of aryl methyl sites for hydroxylation is 1. The minimum Gasteiger partial charge on any atom is -0.492 e. The van der Waals surface area contributed by atoms with E-state index in [9.17, 15) is 14.0 Å². The Kier molecular flexibility index (Phi) is 7.65. The number of nitrogen functional groups attached to an aromatic ring is 1. The molecule has 0 atom stereocenters. The third kappa shape index (κ3) is 5.88. The Labute approximate surface area is 162 Å². The number of ether oxygens (including phenoxy) is 1. The Bertz CT molecular complexity index is 871. The monoisotopic (exact) mass is 386 g/mol. The van der Waals surface area contributed by atoms with E-state index in [2.05, 4.69) is 10.6 Å². The van der Waals surface area contributed by atoms with E-state index in [1.807, 2.05) is 0 Å². The average Bonchev–Trinajstić information content (AvgIpc) is 2.68. The minimum absolute atomic E-state index is 0.0960. The molecule has 0 unspecified atom stereocenters. The Morgan fingerprint density at radius 1 is 1.25 bits per heavy atom. The first-order valence-electron chi connectivity index (χ1n) is 8.71. The first-order valence-corrected chi connectivity index (χ1v) is 8.71. The van der Waals surface area contributed by atoms with Crippen LogP contribution in [0.25, 0.3) is 0 Å². The largest absolute Gasteiger partial charge is 0.492 e. The first kappa shape index (κ1) is 21.0. The normalized spacial score (nSPS) is 10.4. The van der Waals surface area contributed by atoms with Crippen molar-refractivity contribution in [1.29, 1.82) is 5.41 Å². The van der Waals surface area contributed by atoms with Crippen LogP contribution in [0, 0.1) is 18.2 Å². The molecular weight excluding hydrogens is 363 g/mol. The van der Waals surface area contributed by atoms with E-state index in [-0.39, 0.29) is 30.6 Å². The van der Waals surface area contributed by atoms with E-state index in [0.717, 1.165) is 6.29 Å². The van der Waals surface area contributed by atoms with Gasteiger partial charge in [0.2, 0.25) is 0 Å². The SMILES string of the molecule is Cc1cc(C(=O)NCc2ccc(C(=N)N)cc2OCCNCC=O)ccc1F. The topological polar surface area (TPSA) is 117 Å². The second-order valence-electron chi connectivity index (χ2n) is 6.10. The summed E-state index contributed by atoms with van der Waals surface area (Å²) in [7, 11) is 0. The number of benzene rings is 2. The number of aldehydes is 1. The van der Waals surface area contributed by atoms with Crippen molar-refractivity contribution in [3.8, 4) is 5.75 Å². The zero-order chi connectivity index (χ0) is 20.5. The molecule has 148 valence electrons. The molecule has 2 aromatic carbocycles. The standard InChI is InChI=1S/C20H23FN4O3/c1-13-10-15(4-5-17(13)21)20(27)25-12-16-3-2-14(19(22)23)11-18(16)28-9-7-24-6-8-26/h2-5,8,10-11,24H,6-7,9,12H2,1H3,(H3,22,23)(H,25,27). The molecule has 0 heterocycles. The predicted molar refractivity (Wildman–Crippen MR) is 104 cm³/mol. The highest BCUT2D eigenvalue weighted by atomic mass is 19.1. The van der Waals surface area contributed by atoms with E-state index in [1.165, 1.54) is 18.2 Å². The van der Waals surface area contributed by atoms with Crippen LogP contribution in [0.1, 0.15) is 27.0 Å². The number of halogens is 1. The number of nitrogens with one attached hydrogen (secondary N) is 3. The molecule has 7 nitrogen and oxygen atoms in total. The lowest BCUT2D eigenvalue weighted by Crippen LogP contribution is -2.25. The van der Waals surface area contributed by atoms with E-state index in [1.54, 1.807) is 25.1 Å². The van der Waals surface area contributed by atoms with Gasteiger partial charge >= 0.3 is 0 Å². The Morgan fingerprint density at radius 3 is 2.68 bits per heavy atom. The lowest BCUT2D eigenvalue weighted by atomic mass is 10.1. The molecule has 0 aliphatic carbocycles. The number of amidine groups is 1. The number of amides is 1. The van der Waals surface area contributed by atoms with E-state index in [0.29, 0.717) is 41.2 Å². The Morgan fingerprint density at radius 2 is 2.00 bits per heavy atom. The van der Waals surface area contributed by atoms with Gasteiger partial charge in [-0.05, 0) is 36.8 Å². The van der Waals surface area contributed by atoms with Gasteiger partial charge in [0, 0.05) is 29.8 Å². The molecule has 8 heteroatoms. The lowest BCUT2D eigenvalue weighted by Gasteiger charge is -2.14. The van der Waals surface area contributed by atoms with Gasteiger partial charge in [-0.15, -0.1) is 0 Å². The summed E-state index contributed by atoms with van der Waals surface area (Å²) in [6, 6.07) is 9.19. The van der Waals surface area contributed by atoms with Gasteiger partial charge in [0.15, 0.2) is 0 Å². The zero-order valence-corrected chi connectivity index (χ0v) is 15.5. The highest BCUT2D eigenvalue weighted by molar-refractivity contribution is 5.96. The van der Waals surface area contributed by atoms with Crippen LogP contribution in [0.4, 0.5) is 4.39 Å². The number of hydrogen-bond acceptors (Lipinski definition) is 5. The molecule has 0 radical (unpaired) electrons. The van der Waals surface area contributed by atoms with Crippen molar-refractivity contribution < 1.29 is 18.7 Å². The molecule has 0 aliphatic heterocycles. The first-order chi connectivity index (χ1) is 13.4. The molecule has 0 saturated heterocycles. The summed E-state index contributed by atoms with van der Waals surface area (Å²) in [5.41, 5.74) is 7.48. The highest BCUT2D eigenvalue weighted by Crippen LogP contribution is 2.21. The van der Waals surface area contributed by atoms with Gasteiger partial charge in [-0.1, -0.05) is 12.1 Å². The fraction of sp³-hybridized carbons (Fsp3) is 0.250. The number of rotatable bonds is 10. The van der Waals surface area contributed by atoms with Gasteiger partial charge in [-0.25, -0.2) is 4.39 Å². The summed E-state index contributed by atoms with van der Waals surface area (Å²) in [4.78, 5) is 22.6. The second kappa shape index (κ2) is 10.2. The van der Waals surface area contributed by atoms with Crippen molar-refractivity contribution in [2.45, 2.75) is 13.5 Å².